The molecule has 1 fully saturated rings. The number of halogens is 2. The second-order valence-electron chi connectivity index (χ2n) is 5.39. The average Bonchev–Trinajstić information content (AvgIpc) is 2.79. The molecule has 0 spiro atoms. The first kappa shape index (κ1) is 14.6. The first-order valence-electron chi connectivity index (χ1n) is 6.87. The van der Waals surface area contributed by atoms with Gasteiger partial charge in [0.15, 0.2) is 0 Å². The highest BCUT2D eigenvalue weighted by Crippen LogP contribution is 2.44. The zero-order valence-electron chi connectivity index (χ0n) is 11.3. The van der Waals surface area contributed by atoms with Gasteiger partial charge in [-0.2, -0.15) is 0 Å². The largest absolute Gasteiger partial charge is 0.316 e. The topological polar surface area (TPSA) is 12.0 Å². The Balaban J connectivity index is 1.95. The Morgan fingerprint density at radius 3 is 2.85 bits per heavy atom. The monoisotopic (exact) mass is 369 g/mol. The molecule has 0 radical (unpaired) electrons. The molecule has 2 heterocycles. The third kappa shape index (κ3) is 2.96. The van der Waals surface area contributed by atoms with Crippen molar-refractivity contribution in [1.29, 1.82) is 0 Å². The highest BCUT2D eigenvalue weighted by molar-refractivity contribution is 9.10. The summed E-state index contributed by atoms with van der Waals surface area (Å²) in [7, 11) is 0. The molecule has 1 aliphatic rings. The fourth-order valence-electron chi connectivity index (χ4n) is 3.00. The molecule has 1 saturated heterocycles. The first-order valence-corrected chi connectivity index (χ1v) is 8.86. The van der Waals surface area contributed by atoms with Gasteiger partial charge in [0.1, 0.15) is 4.34 Å². The van der Waals surface area contributed by atoms with Crippen molar-refractivity contribution < 1.29 is 0 Å². The fourth-order valence-corrected chi connectivity index (χ4v) is 4.93. The molecule has 1 aliphatic heterocycles. The van der Waals surface area contributed by atoms with E-state index in [-0.39, 0.29) is 0 Å². The first-order chi connectivity index (χ1) is 9.65. The Bertz CT molecular complexity index is 591. The van der Waals surface area contributed by atoms with Crippen molar-refractivity contribution in [2.45, 2.75) is 25.2 Å². The summed E-state index contributed by atoms with van der Waals surface area (Å²) in [5.41, 5.74) is 2.76. The quantitative estimate of drug-likeness (QED) is 0.753. The molecule has 3 rings (SSSR count). The molecule has 4 heteroatoms. The minimum absolute atomic E-state index is 0.533. The van der Waals surface area contributed by atoms with Crippen molar-refractivity contribution >= 4 is 38.9 Å². The normalized spacial score (nSPS) is 22.9. The summed E-state index contributed by atoms with van der Waals surface area (Å²) in [6.07, 6.45) is 1.17. The van der Waals surface area contributed by atoms with Crippen LogP contribution in [0.2, 0.25) is 4.34 Å². The smallest absolute Gasteiger partial charge is 0.107 e. The van der Waals surface area contributed by atoms with Gasteiger partial charge in [-0.05, 0) is 47.4 Å². The molecule has 1 aromatic carbocycles. The highest BCUT2D eigenvalue weighted by atomic mass is 79.9. The van der Waals surface area contributed by atoms with Crippen LogP contribution in [0.1, 0.15) is 34.3 Å². The molecule has 0 aliphatic carbocycles. The van der Waals surface area contributed by atoms with Crippen LogP contribution in [-0.2, 0) is 0 Å². The second-order valence-corrected chi connectivity index (χ2v) is 7.93. The maximum absolute atomic E-state index is 6.22. The number of hydrogen-bond acceptors (Lipinski definition) is 2. The molecule has 2 unspecified atom stereocenters. The predicted molar refractivity (Wildman–Crippen MR) is 91.2 cm³/mol. The van der Waals surface area contributed by atoms with Crippen molar-refractivity contribution in [1.82, 2.24) is 5.32 Å². The zero-order valence-corrected chi connectivity index (χ0v) is 14.5. The summed E-state index contributed by atoms with van der Waals surface area (Å²) in [5, 5.41) is 3.53. The van der Waals surface area contributed by atoms with E-state index in [0.29, 0.717) is 11.8 Å². The van der Waals surface area contributed by atoms with E-state index in [4.69, 9.17) is 11.6 Å². The Morgan fingerprint density at radius 1 is 1.30 bits per heavy atom. The molecule has 2 aromatic rings. The Hall–Kier alpha value is -0.350. The lowest BCUT2D eigenvalue weighted by molar-refractivity contribution is 0.408. The van der Waals surface area contributed by atoms with Crippen molar-refractivity contribution in [3.63, 3.8) is 0 Å². The van der Waals surface area contributed by atoms with Crippen molar-refractivity contribution in [3.8, 4) is 0 Å². The molecule has 0 saturated carbocycles. The summed E-state index contributed by atoms with van der Waals surface area (Å²) in [4.78, 5) is 1.40. The minimum Gasteiger partial charge on any atom is -0.316 e. The van der Waals surface area contributed by atoms with E-state index < -0.39 is 0 Å². The predicted octanol–water partition coefficient (Wildman–Crippen LogP) is 5.33. The molecular formula is C16H17BrClNS. The summed E-state index contributed by atoms with van der Waals surface area (Å²) in [5.74, 6) is 1.09. The van der Waals surface area contributed by atoms with Gasteiger partial charge in [0.2, 0.25) is 0 Å². The SMILES string of the molecule is Cc1cccc(C2CNCCC2c2cc(Br)c(Cl)s2)c1. The maximum Gasteiger partial charge on any atom is 0.107 e. The van der Waals surface area contributed by atoms with E-state index in [1.54, 1.807) is 11.3 Å². The van der Waals surface area contributed by atoms with Gasteiger partial charge in [-0.15, -0.1) is 11.3 Å². The minimum atomic E-state index is 0.533. The number of hydrogen-bond donors (Lipinski definition) is 1. The third-order valence-electron chi connectivity index (χ3n) is 3.98. The molecule has 106 valence electrons. The van der Waals surface area contributed by atoms with E-state index in [1.807, 2.05) is 0 Å². The van der Waals surface area contributed by atoms with Crippen LogP contribution in [0.3, 0.4) is 0 Å². The van der Waals surface area contributed by atoms with Gasteiger partial charge < -0.3 is 5.32 Å². The van der Waals surface area contributed by atoms with Crippen LogP contribution >= 0.6 is 38.9 Å². The fraction of sp³-hybridized carbons (Fsp3) is 0.375. The van der Waals surface area contributed by atoms with Crippen molar-refractivity contribution in [2.24, 2.45) is 0 Å². The van der Waals surface area contributed by atoms with E-state index >= 15 is 0 Å². The number of piperidine rings is 1. The van der Waals surface area contributed by atoms with Gasteiger partial charge in [-0.1, -0.05) is 41.4 Å². The van der Waals surface area contributed by atoms with Crippen molar-refractivity contribution in [2.75, 3.05) is 13.1 Å². The zero-order chi connectivity index (χ0) is 14.1. The Morgan fingerprint density at radius 2 is 2.15 bits per heavy atom. The van der Waals surface area contributed by atoms with Crippen LogP contribution in [-0.4, -0.2) is 13.1 Å². The lowest BCUT2D eigenvalue weighted by Gasteiger charge is -2.32. The molecule has 1 N–H and O–H groups in total. The molecule has 0 bridgehead atoms. The van der Waals surface area contributed by atoms with Crippen LogP contribution < -0.4 is 5.32 Å². The molecule has 0 amide bonds. The number of benzene rings is 1. The second kappa shape index (κ2) is 6.18. The number of thiophene rings is 1. The highest BCUT2D eigenvalue weighted by Gasteiger charge is 2.29. The summed E-state index contributed by atoms with van der Waals surface area (Å²) in [6.45, 7) is 4.29. The summed E-state index contributed by atoms with van der Waals surface area (Å²) >= 11 is 11.5. The number of nitrogens with one attached hydrogen (secondary N) is 1. The van der Waals surface area contributed by atoms with Gasteiger partial charge in [-0.3, -0.25) is 0 Å². The van der Waals surface area contributed by atoms with Crippen LogP contribution in [0, 0.1) is 6.92 Å². The summed E-state index contributed by atoms with van der Waals surface area (Å²) in [6, 6.07) is 11.1. The van der Waals surface area contributed by atoms with Crippen molar-refractivity contribution in [3.05, 3.63) is 55.1 Å². The standard InChI is InChI=1S/C16H17BrClNS/c1-10-3-2-4-11(7-10)13-9-19-6-5-12(13)15-8-14(17)16(18)20-15/h2-4,7-8,12-13,19H,5-6,9H2,1H3. The maximum atomic E-state index is 6.22. The number of rotatable bonds is 2. The molecular weight excluding hydrogens is 354 g/mol. The van der Waals surface area contributed by atoms with E-state index in [2.05, 4.69) is 58.5 Å². The molecule has 1 nitrogen and oxygen atoms in total. The van der Waals surface area contributed by atoms with Gasteiger partial charge in [0, 0.05) is 27.7 Å². The summed E-state index contributed by atoms with van der Waals surface area (Å²) < 4.78 is 1.89. The van der Waals surface area contributed by atoms with Crippen LogP contribution in [0.25, 0.3) is 0 Å². The van der Waals surface area contributed by atoms with E-state index in [0.717, 1.165) is 21.9 Å². The molecule has 20 heavy (non-hydrogen) atoms. The Labute approximate surface area is 137 Å². The lowest BCUT2D eigenvalue weighted by Crippen LogP contribution is -2.33. The molecule has 1 aromatic heterocycles. The van der Waals surface area contributed by atoms with Gasteiger partial charge >= 0.3 is 0 Å². The average molecular weight is 371 g/mol. The van der Waals surface area contributed by atoms with Gasteiger partial charge in [-0.25, -0.2) is 0 Å². The van der Waals surface area contributed by atoms with Crippen LogP contribution in [0.5, 0.6) is 0 Å². The van der Waals surface area contributed by atoms with E-state index in [9.17, 15) is 0 Å². The molecule has 2 atom stereocenters. The van der Waals surface area contributed by atoms with Gasteiger partial charge in [0.25, 0.3) is 0 Å². The number of aryl methyl sites for hydroxylation is 1. The van der Waals surface area contributed by atoms with Crippen LogP contribution in [0.15, 0.2) is 34.8 Å². The van der Waals surface area contributed by atoms with Gasteiger partial charge in [0.05, 0.1) is 0 Å². The van der Waals surface area contributed by atoms with E-state index in [1.165, 1.54) is 22.4 Å². The Kier molecular flexibility index (Phi) is 4.51. The lowest BCUT2D eigenvalue weighted by atomic mass is 9.80. The third-order valence-corrected chi connectivity index (χ3v) is 6.59. The van der Waals surface area contributed by atoms with Crippen LogP contribution in [0.4, 0.5) is 0 Å².